The highest BCUT2D eigenvalue weighted by molar-refractivity contribution is 7.92. The minimum Gasteiger partial charge on any atom is -0.496 e. The van der Waals surface area contributed by atoms with Crippen molar-refractivity contribution < 1.29 is 13.2 Å². The third-order valence-corrected chi connectivity index (χ3v) is 5.39. The Morgan fingerprint density at radius 3 is 2.46 bits per heavy atom. The van der Waals surface area contributed by atoms with Crippen LogP contribution >= 0.6 is 0 Å². The van der Waals surface area contributed by atoms with E-state index in [1.807, 2.05) is 21.0 Å². The maximum absolute atomic E-state index is 12.7. The zero-order chi connectivity index (χ0) is 19.3. The first kappa shape index (κ1) is 20.0. The Morgan fingerprint density at radius 2 is 1.88 bits per heavy atom. The van der Waals surface area contributed by atoms with Gasteiger partial charge in [-0.2, -0.15) is 0 Å². The van der Waals surface area contributed by atoms with Crippen LogP contribution in [0.3, 0.4) is 0 Å². The topological polar surface area (TPSA) is 83.6 Å². The predicted octanol–water partition coefficient (Wildman–Crippen LogP) is 2.48. The molecule has 0 aliphatic carbocycles. The standard InChI is InChI=1S/C18H26N4O3S/c1-13-11-17(14(2)10-16(13)25-5)26(23,24)21-15-6-7-18(20-12-15)19-8-9-22(3)4/h6-7,10-12,21H,8-9H2,1-5H3,(H,19,20). The lowest BCUT2D eigenvalue weighted by molar-refractivity contribution is 0.411. The van der Waals surface area contributed by atoms with Gasteiger partial charge in [-0.3, -0.25) is 4.72 Å². The van der Waals surface area contributed by atoms with Crippen LogP contribution in [-0.2, 0) is 10.0 Å². The van der Waals surface area contributed by atoms with Crippen molar-refractivity contribution in [3.8, 4) is 5.75 Å². The van der Waals surface area contributed by atoms with Gasteiger partial charge in [-0.05, 0) is 63.3 Å². The smallest absolute Gasteiger partial charge is 0.262 e. The Kier molecular flexibility index (Phi) is 6.44. The van der Waals surface area contributed by atoms with Crippen molar-refractivity contribution in [2.24, 2.45) is 0 Å². The van der Waals surface area contributed by atoms with Crippen molar-refractivity contribution in [3.63, 3.8) is 0 Å². The molecule has 1 aromatic carbocycles. The van der Waals surface area contributed by atoms with Gasteiger partial charge in [0, 0.05) is 13.1 Å². The fraction of sp³-hybridized carbons (Fsp3) is 0.389. The molecule has 142 valence electrons. The molecule has 0 aliphatic rings. The van der Waals surface area contributed by atoms with E-state index in [4.69, 9.17) is 4.74 Å². The average molecular weight is 378 g/mol. The highest BCUT2D eigenvalue weighted by Crippen LogP contribution is 2.27. The van der Waals surface area contributed by atoms with Gasteiger partial charge in [0.05, 0.1) is 23.9 Å². The molecule has 0 spiro atoms. The van der Waals surface area contributed by atoms with E-state index in [0.29, 0.717) is 22.8 Å². The summed E-state index contributed by atoms with van der Waals surface area (Å²) >= 11 is 0. The minimum atomic E-state index is -3.71. The second-order valence-corrected chi connectivity index (χ2v) is 8.01. The molecule has 8 heteroatoms. The number of benzene rings is 1. The molecule has 1 heterocycles. The van der Waals surface area contributed by atoms with Gasteiger partial charge in [0.15, 0.2) is 0 Å². The number of aryl methyl sites for hydroxylation is 2. The fourth-order valence-electron chi connectivity index (χ4n) is 2.45. The molecule has 0 amide bonds. The van der Waals surface area contributed by atoms with E-state index < -0.39 is 10.0 Å². The summed E-state index contributed by atoms with van der Waals surface area (Å²) < 4.78 is 33.2. The first-order chi connectivity index (χ1) is 12.2. The number of anilines is 2. The van der Waals surface area contributed by atoms with Gasteiger partial charge in [-0.1, -0.05) is 0 Å². The largest absolute Gasteiger partial charge is 0.496 e. The van der Waals surface area contributed by atoms with Crippen LogP contribution in [-0.4, -0.2) is 52.6 Å². The number of likely N-dealkylation sites (N-methyl/N-ethyl adjacent to an activating group) is 1. The lowest BCUT2D eigenvalue weighted by Crippen LogP contribution is -2.21. The van der Waals surface area contributed by atoms with Gasteiger partial charge >= 0.3 is 0 Å². The SMILES string of the molecule is COc1cc(C)c(S(=O)(=O)Nc2ccc(NCCN(C)C)nc2)cc1C. The molecule has 1 aromatic heterocycles. The molecule has 0 saturated heterocycles. The lowest BCUT2D eigenvalue weighted by atomic mass is 10.1. The molecule has 0 bridgehead atoms. The van der Waals surface area contributed by atoms with Crippen LogP contribution in [0.25, 0.3) is 0 Å². The van der Waals surface area contributed by atoms with Crippen LogP contribution in [0.5, 0.6) is 5.75 Å². The average Bonchev–Trinajstić information content (AvgIpc) is 2.57. The van der Waals surface area contributed by atoms with Crippen molar-refractivity contribution >= 4 is 21.5 Å². The molecule has 0 radical (unpaired) electrons. The van der Waals surface area contributed by atoms with Crippen molar-refractivity contribution in [2.45, 2.75) is 18.7 Å². The van der Waals surface area contributed by atoms with Crippen molar-refractivity contribution in [1.82, 2.24) is 9.88 Å². The summed E-state index contributed by atoms with van der Waals surface area (Å²) in [4.78, 5) is 6.53. The van der Waals surface area contributed by atoms with Crippen LogP contribution in [0.2, 0.25) is 0 Å². The molecule has 7 nitrogen and oxygen atoms in total. The van der Waals surface area contributed by atoms with E-state index in [2.05, 4.69) is 19.9 Å². The van der Waals surface area contributed by atoms with Crippen LogP contribution in [0.4, 0.5) is 11.5 Å². The molecule has 0 saturated carbocycles. The highest BCUT2D eigenvalue weighted by Gasteiger charge is 2.19. The van der Waals surface area contributed by atoms with E-state index >= 15 is 0 Å². The summed E-state index contributed by atoms with van der Waals surface area (Å²) in [5.74, 6) is 1.36. The normalized spacial score (nSPS) is 11.5. The molecule has 0 unspecified atom stereocenters. The number of nitrogens with zero attached hydrogens (tertiary/aromatic N) is 2. The second-order valence-electron chi connectivity index (χ2n) is 6.35. The van der Waals surface area contributed by atoms with Crippen LogP contribution in [0, 0.1) is 13.8 Å². The van der Waals surface area contributed by atoms with Gasteiger partial charge in [-0.15, -0.1) is 0 Å². The summed E-state index contributed by atoms with van der Waals surface area (Å²) in [6.07, 6.45) is 1.50. The summed E-state index contributed by atoms with van der Waals surface area (Å²) in [6.45, 7) is 5.20. The van der Waals surface area contributed by atoms with Crippen LogP contribution in [0.1, 0.15) is 11.1 Å². The lowest BCUT2D eigenvalue weighted by Gasteiger charge is -2.14. The third-order valence-electron chi connectivity index (χ3n) is 3.86. The van der Waals surface area contributed by atoms with Crippen molar-refractivity contribution in [1.29, 1.82) is 0 Å². The van der Waals surface area contributed by atoms with E-state index in [1.54, 1.807) is 38.3 Å². The second kappa shape index (κ2) is 8.37. The summed E-state index contributed by atoms with van der Waals surface area (Å²) in [5, 5.41) is 3.18. The van der Waals surface area contributed by atoms with Crippen molar-refractivity contribution in [2.75, 3.05) is 44.3 Å². The number of hydrogen-bond donors (Lipinski definition) is 2. The Morgan fingerprint density at radius 1 is 1.15 bits per heavy atom. The minimum absolute atomic E-state index is 0.226. The Balaban J connectivity index is 2.13. The molecule has 2 rings (SSSR count). The molecule has 26 heavy (non-hydrogen) atoms. The van der Waals surface area contributed by atoms with E-state index in [-0.39, 0.29) is 4.90 Å². The number of hydrogen-bond acceptors (Lipinski definition) is 6. The van der Waals surface area contributed by atoms with Crippen LogP contribution in [0.15, 0.2) is 35.4 Å². The molecule has 0 aliphatic heterocycles. The monoisotopic (exact) mass is 378 g/mol. The maximum Gasteiger partial charge on any atom is 0.262 e. The van der Waals surface area contributed by atoms with Gasteiger partial charge in [0.25, 0.3) is 10.0 Å². The van der Waals surface area contributed by atoms with Crippen LogP contribution < -0.4 is 14.8 Å². The molecular formula is C18H26N4O3S. The van der Waals surface area contributed by atoms with E-state index in [0.717, 1.165) is 18.7 Å². The zero-order valence-electron chi connectivity index (χ0n) is 15.8. The third kappa shape index (κ3) is 5.09. The number of methoxy groups -OCH3 is 1. The maximum atomic E-state index is 12.7. The van der Waals surface area contributed by atoms with Gasteiger partial charge in [0.2, 0.25) is 0 Å². The summed E-state index contributed by atoms with van der Waals surface area (Å²) in [6, 6.07) is 6.77. The quantitative estimate of drug-likeness (QED) is 0.734. The van der Waals surface area contributed by atoms with Gasteiger partial charge in [0.1, 0.15) is 11.6 Å². The number of pyridine rings is 1. The highest BCUT2D eigenvalue weighted by atomic mass is 32.2. The summed E-state index contributed by atoms with van der Waals surface area (Å²) in [7, 11) is 1.85. The predicted molar refractivity (Wildman–Crippen MR) is 105 cm³/mol. The summed E-state index contributed by atoms with van der Waals surface area (Å²) in [5.41, 5.74) is 1.79. The molecular weight excluding hydrogens is 352 g/mol. The fourth-order valence-corrected chi connectivity index (χ4v) is 3.80. The first-order valence-corrected chi connectivity index (χ1v) is 9.74. The number of nitrogens with one attached hydrogen (secondary N) is 2. The van der Waals surface area contributed by atoms with Gasteiger partial charge in [-0.25, -0.2) is 13.4 Å². The number of rotatable bonds is 8. The molecule has 0 fully saturated rings. The van der Waals surface area contributed by atoms with Gasteiger partial charge < -0.3 is 15.0 Å². The van der Waals surface area contributed by atoms with Crippen molar-refractivity contribution in [3.05, 3.63) is 41.6 Å². The molecule has 2 aromatic rings. The van der Waals surface area contributed by atoms with E-state index in [9.17, 15) is 8.42 Å². The molecule has 2 N–H and O–H groups in total. The number of aromatic nitrogens is 1. The number of ether oxygens (including phenoxy) is 1. The molecule has 0 atom stereocenters. The Labute approximate surface area is 155 Å². The number of sulfonamides is 1. The van der Waals surface area contributed by atoms with E-state index in [1.165, 1.54) is 6.20 Å². The Hall–Kier alpha value is -2.32. The Bertz CT molecular complexity index is 849. The zero-order valence-corrected chi connectivity index (χ0v) is 16.6. The first-order valence-electron chi connectivity index (χ1n) is 8.25.